The zero-order valence-electron chi connectivity index (χ0n) is 15.9. The number of ketones is 1. The third-order valence-electron chi connectivity index (χ3n) is 5.20. The van der Waals surface area contributed by atoms with Crippen molar-refractivity contribution in [2.45, 2.75) is 78.2 Å². The number of hydrogen-bond donors (Lipinski definition) is 2. The van der Waals surface area contributed by atoms with Crippen LogP contribution in [0.3, 0.4) is 0 Å². The summed E-state index contributed by atoms with van der Waals surface area (Å²) in [5.74, 6) is -0.303. The molecule has 0 aromatic rings. The molecule has 0 aromatic heterocycles. The number of aliphatic hydroxyl groups is 1. The van der Waals surface area contributed by atoms with Crippen LogP contribution in [-0.4, -0.2) is 28.1 Å². The molecular formula is C21H34O4. The smallest absolute Gasteiger partial charge is 0.303 e. The molecule has 0 heterocycles. The minimum atomic E-state index is -0.760. The Labute approximate surface area is 152 Å². The summed E-state index contributed by atoms with van der Waals surface area (Å²) in [6.45, 7) is 6.22. The fraction of sp³-hybridized carbons (Fsp3) is 0.714. The highest BCUT2D eigenvalue weighted by Gasteiger charge is 2.32. The molecule has 0 aromatic carbocycles. The predicted molar refractivity (Wildman–Crippen MR) is 100 cm³/mol. The van der Waals surface area contributed by atoms with Crippen molar-refractivity contribution >= 4 is 11.8 Å². The second-order valence-electron chi connectivity index (χ2n) is 7.85. The summed E-state index contributed by atoms with van der Waals surface area (Å²) in [5, 5.41) is 19.0. The van der Waals surface area contributed by atoms with Crippen LogP contribution in [-0.2, 0) is 9.59 Å². The first-order valence-electron chi connectivity index (χ1n) is 9.53. The highest BCUT2D eigenvalue weighted by molar-refractivity contribution is 5.85. The number of Topliss-reactive ketones (excluding diaryl/α,β-unsaturated/α-hetero) is 1. The summed E-state index contributed by atoms with van der Waals surface area (Å²) < 4.78 is 0. The van der Waals surface area contributed by atoms with Crippen molar-refractivity contribution in [3.05, 3.63) is 24.3 Å². The molecule has 1 rings (SSSR count). The molecule has 1 aliphatic carbocycles. The molecule has 0 spiro atoms. The minimum Gasteiger partial charge on any atom is -0.481 e. The number of aliphatic carboxylic acids is 1. The summed E-state index contributed by atoms with van der Waals surface area (Å²) in [5.41, 5.74) is -0.174. The van der Waals surface area contributed by atoms with Crippen LogP contribution in [0.25, 0.3) is 0 Å². The summed E-state index contributed by atoms with van der Waals surface area (Å²) in [6.07, 6.45) is 13.2. The van der Waals surface area contributed by atoms with Gasteiger partial charge in [0.1, 0.15) is 5.78 Å². The average molecular weight is 350 g/mol. The van der Waals surface area contributed by atoms with E-state index in [9.17, 15) is 14.7 Å². The maximum absolute atomic E-state index is 12.2. The topological polar surface area (TPSA) is 74.6 Å². The number of carbonyl (C=O) groups is 2. The van der Waals surface area contributed by atoms with Gasteiger partial charge >= 0.3 is 5.97 Å². The Bertz CT molecular complexity index is 490. The number of carboxylic acids is 1. The Balaban J connectivity index is 2.53. The van der Waals surface area contributed by atoms with Crippen LogP contribution in [0, 0.1) is 17.3 Å². The Morgan fingerprint density at radius 3 is 2.72 bits per heavy atom. The van der Waals surface area contributed by atoms with Gasteiger partial charge in [0, 0.05) is 18.8 Å². The van der Waals surface area contributed by atoms with Gasteiger partial charge in [0.2, 0.25) is 0 Å². The van der Waals surface area contributed by atoms with Crippen LogP contribution in [0.5, 0.6) is 0 Å². The molecule has 0 bridgehead atoms. The van der Waals surface area contributed by atoms with E-state index in [0.717, 1.165) is 32.1 Å². The van der Waals surface area contributed by atoms with Crippen LogP contribution < -0.4 is 0 Å². The van der Waals surface area contributed by atoms with Gasteiger partial charge in [-0.3, -0.25) is 9.59 Å². The van der Waals surface area contributed by atoms with Crippen LogP contribution in [0.1, 0.15) is 72.1 Å². The normalized spacial score (nSPS) is 23.0. The molecule has 1 saturated carbocycles. The molecular weight excluding hydrogens is 316 g/mol. The lowest BCUT2D eigenvalue weighted by Crippen LogP contribution is -2.27. The monoisotopic (exact) mass is 350 g/mol. The third-order valence-corrected chi connectivity index (χ3v) is 5.20. The fourth-order valence-electron chi connectivity index (χ4n) is 3.50. The maximum Gasteiger partial charge on any atom is 0.303 e. The van der Waals surface area contributed by atoms with E-state index in [0.29, 0.717) is 18.8 Å². The summed E-state index contributed by atoms with van der Waals surface area (Å²) >= 11 is 0. The Kier molecular flexibility index (Phi) is 9.12. The largest absolute Gasteiger partial charge is 0.481 e. The third kappa shape index (κ3) is 7.55. The van der Waals surface area contributed by atoms with E-state index in [1.165, 1.54) is 0 Å². The van der Waals surface area contributed by atoms with Gasteiger partial charge in [0.15, 0.2) is 0 Å². The molecule has 0 radical (unpaired) electrons. The van der Waals surface area contributed by atoms with Gasteiger partial charge in [0.25, 0.3) is 0 Å². The van der Waals surface area contributed by atoms with E-state index in [1.54, 1.807) is 0 Å². The van der Waals surface area contributed by atoms with E-state index in [-0.39, 0.29) is 23.5 Å². The van der Waals surface area contributed by atoms with Crippen molar-refractivity contribution in [1.29, 1.82) is 0 Å². The van der Waals surface area contributed by atoms with Crippen molar-refractivity contribution in [2.75, 3.05) is 0 Å². The summed E-state index contributed by atoms with van der Waals surface area (Å²) in [4.78, 5) is 22.6. The van der Waals surface area contributed by atoms with E-state index < -0.39 is 12.1 Å². The van der Waals surface area contributed by atoms with Gasteiger partial charge in [-0.2, -0.15) is 0 Å². The van der Waals surface area contributed by atoms with Crippen LogP contribution >= 0.6 is 0 Å². The van der Waals surface area contributed by atoms with Crippen molar-refractivity contribution < 1.29 is 19.8 Å². The first kappa shape index (κ1) is 21.6. The number of allylic oxidation sites excluding steroid dienone is 3. The lowest BCUT2D eigenvalue weighted by Gasteiger charge is -2.28. The standard InChI is InChI=1S/C21H34O4/c1-4-15-21(2,3)19(23)14-12-17-16(11-13-18(17)22)9-7-5-6-8-10-20(24)25/h5,7,12,14,16-17,19,23H,4,6,8-11,13,15H2,1-3H3,(H,24,25)/b7-5-,14-12+/t16-,17+,19+/m0/s1. The fourth-order valence-corrected chi connectivity index (χ4v) is 3.50. The highest BCUT2D eigenvalue weighted by Crippen LogP contribution is 2.34. The SMILES string of the molecule is CCCC(C)(C)[C@H](O)/C=C/[C@H]1C(=O)CC[C@@H]1C/C=C\CCCC(=O)O. The van der Waals surface area contributed by atoms with Crippen LogP contribution in [0.15, 0.2) is 24.3 Å². The molecule has 0 unspecified atom stereocenters. The molecule has 0 saturated heterocycles. The van der Waals surface area contributed by atoms with Gasteiger partial charge in [0.05, 0.1) is 6.10 Å². The number of carboxylic acid groups (broad SMARTS) is 1. The minimum absolute atomic E-state index is 0.101. The average Bonchev–Trinajstić information content (AvgIpc) is 2.88. The van der Waals surface area contributed by atoms with E-state index >= 15 is 0 Å². The van der Waals surface area contributed by atoms with Crippen molar-refractivity contribution in [3.63, 3.8) is 0 Å². The van der Waals surface area contributed by atoms with E-state index in [4.69, 9.17) is 5.11 Å². The second kappa shape index (κ2) is 10.5. The molecule has 1 fully saturated rings. The van der Waals surface area contributed by atoms with Gasteiger partial charge < -0.3 is 10.2 Å². The summed E-state index contributed by atoms with van der Waals surface area (Å²) in [6, 6.07) is 0. The Morgan fingerprint density at radius 2 is 2.08 bits per heavy atom. The first-order chi connectivity index (χ1) is 11.8. The van der Waals surface area contributed by atoms with Gasteiger partial charge in [-0.1, -0.05) is 51.5 Å². The van der Waals surface area contributed by atoms with Crippen molar-refractivity contribution in [2.24, 2.45) is 17.3 Å². The predicted octanol–water partition coefficient (Wildman–Crippen LogP) is 4.53. The number of carbonyl (C=O) groups excluding carboxylic acids is 1. The van der Waals surface area contributed by atoms with Crippen molar-refractivity contribution in [1.82, 2.24) is 0 Å². The lowest BCUT2D eigenvalue weighted by atomic mass is 9.81. The Morgan fingerprint density at radius 1 is 1.36 bits per heavy atom. The number of rotatable bonds is 11. The molecule has 1 aliphatic rings. The molecule has 0 amide bonds. The van der Waals surface area contributed by atoms with Crippen LogP contribution in [0.4, 0.5) is 0 Å². The van der Waals surface area contributed by atoms with Crippen LogP contribution in [0.2, 0.25) is 0 Å². The molecule has 4 heteroatoms. The first-order valence-corrected chi connectivity index (χ1v) is 9.53. The molecule has 142 valence electrons. The molecule has 0 aliphatic heterocycles. The number of unbranched alkanes of at least 4 members (excludes halogenated alkanes) is 1. The van der Waals surface area contributed by atoms with Gasteiger partial charge in [-0.15, -0.1) is 0 Å². The lowest BCUT2D eigenvalue weighted by molar-refractivity contribution is -0.137. The molecule has 2 N–H and O–H groups in total. The van der Waals surface area contributed by atoms with Gasteiger partial charge in [-0.05, 0) is 43.4 Å². The maximum atomic E-state index is 12.2. The molecule has 4 nitrogen and oxygen atoms in total. The summed E-state index contributed by atoms with van der Waals surface area (Å²) in [7, 11) is 0. The second-order valence-corrected chi connectivity index (χ2v) is 7.85. The zero-order chi connectivity index (χ0) is 18.9. The Hall–Kier alpha value is -1.42. The quantitative estimate of drug-likeness (QED) is 0.424. The van der Waals surface area contributed by atoms with E-state index in [1.807, 2.05) is 18.2 Å². The highest BCUT2D eigenvalue weighted by atomic mass is 16.4. The van der Waals surface area contributed by atoms with E-state index in [2.05, 4.69) is 26.8 Å². The van der Waals surface area contributed by atoms with Crippen molar-refractivity contribution in [3.8, 4) is 0 Å². The molecule has 25 heavy (non-hydrogen) atoms. The number of hydrogen-bond acceptors (Lipinski definition) is 3. The zero-order valence-corrected chi connectivity index (χ0v) is 15.9. The van der Waals surface area contributed by atoms with Gasteiger partial charge in [-0.25, -0.2) is 0 Å². The number of aliphatic hydroxyl groups excluding tert-OH is 1. The molecule has 3 atom stereocenters.